The number of rotatable bonds is 7. The predicted molar refractivity (Wildman–Crippen MR) is 116 cm³/mol. The summed E-state index contributed by atoms with van der Waals surface area (Å²) in [4.78, 5) is 23.9. The molecule has 0 heterocycles. The number of carboxylic acids is 1. The molecule has 0 bridgehead atoms. The van der Waals surface area contributed by atoms with Crippen molar-refractivity contribution in [2.24, 2.45) is 0 Å². The van der Waals surface area contributed by atoms with Crippen molar-refractivity contribution in [2.45, 2.75) is 4.90 Å². The van der Waals surface area contributed by atoms with E-state index in [2.05, 4.69) is 5.32 Å². The Morgan fingerprint density at radius 3 is 2.39 bits per heavy atom. The number of carbonyl (C=O) groups excluding carboxylic acids is 1. The Morgan fingerprint density at radius 1 is 0.968 bits per heavy atom. The summed E-state index contributed by atoms with van der Waals surface area (Å²) in [6, 6.07) is 18.0. The number of benzene rings is 3. The number of amides is 1. The summed E-state index contributed by atoms with van der Waals surface area (Å²) in [7, 11) is -1.30. The lowest BCUT2D eigenvalue weighted by molar-refractivity contribution is 0.0696. The van der Waals surface area contributed by atoms with Gasteiger partial charge in [-0.25, -0.2) is 13.2 Å². The Kier molecular flexibility index (Phi) is 6.26. The Balaban J connectivity index is 1.95. The van der Waals surface area contributed by atoms with Gasteiger partial charge in [-0.05, 0) is 42.5 Å². The molecule has 0 aromatic heterocycles. The van der Waals surface area contributed by atoms with E-state index in [1.165, 1.54) is 44.5 Å². The molecule has 3 aromatic carbocycles. The number of aromatic carboxylic acids is 1. The maximum atomic E-state index is 13.1. The van der Waals surface area contributed by atoms with E-state index in [1.807, 2.05) is 0 Å². The van der Waals surface area contributed by atoms with Crippen molar-refractivity contribution in [2.75, 3.05) is 23.8 Å². The SMILES string of the molecule is COc1cccc(NC(=O)c2ccccc2N(C)S(=O)(=O)c2cccc(C(=O)O)c2)c1. The van der Waals surface area contributed by atoms with Crippen molar-refractivity contribution >= 4 is 33.3 Å². The van der Waals surface area contributed by atoms with Gasteiger partial charge in [-0.15, -0.1) is 0 Å². The first kappa shape index (κ1) is 21.8. The van der Waals surface area contributed by atoms with E-state index in [0.29, 0.717) is 11.4 Å². The fourth-order valence-corrected chi connectivity index (χ4v) is 4.18. The van der Waals surface area contributed by atoms with Crippen LogP contribution in [0.5, 0.6) is 5.75 Å². The average Bonchev–Trinajstić information content (AvgIpc) is 2.78. The number of methoxy groups -OCH3 is 1. The quantitative estimate of drug-likeness (QED) is 0.582. The van der Waals surface area contributed by atoms with Crippen molar-refractivity contribution in [1.29, 1.82) is 0 Å². The summed E-state index contributed by atoms with van der Waals surface area (Å²) in [6.07, 6.45) is 0. The maximum absolute atomic E-state index is 13.1. The van der Waals surface area contributed by atoms with Crippen LogP contribution in [0.1, 0.15) is 20.7 Å². The van der Waals surface area contributed by atoms with E-state index < -0.39 is 21.9 Å². The zero-order chi connectivity index (χ0) is 22.6. The van der Waals surface area contributed by atoms with E-state index in [0.717, 1.165) is 10.4 Å². The van der Waals surface area contributed by atoms with Gasteiger partial charge in [0.1, 0.15) is 5.75 Å². The second kappa shape index (κ2) is 8.88. The molecule has 0 radical (unpaired) electrons. The average molecular weight is 440 g/mol. The minimum absolute atomic E-state index is 0.130. The molecule has 0 fully saturated rings. The molecule has 3 rings (SSSR count). The van der Waals surface area contributed by atoms with Crippen LogP contribution in [0.25, 0.3) is 0 Å². The molecular weight excluding hydrogens is 420 g/mol. The Labute approximate surface area is 179 Å². The molecule has 0 aliphatic carbocycles. The van der Waals surface area contributed by atoms with Crippen LogP contribution in [0.15, 0.2) is 77.7 Å². The third kappa shape index (κ3) is 4.67. The molecule has 2 N–H and O–H groups in total. The molecule has 1 amide bonds. The number of carboxylic acid groups (broad SMARTS) is 1. The normalized spacial score (nSPS) is 10.9. The van der Waals surface area contributed by atoms with Gasteiger partial charge in [-0.3, -0.25) is 9.10 Å². The van der Waals surface area contributed by atoms with Crippen LogP contribution in [-0.4, -0.2) is 39.6 Å². The second-order valence-corrected chi connectivity index (χ2v) is 8.48. The van der Waals surface area contributed by atoms with E-state index in [1.54, 1.807) is 36.4 Å². The monoisotopic (exact) mass is 440 g/mol. The van der Waals surface area contributed by atoms with Gasteiger partial charge in [0, 0.05) is 18.8 Å². The summed E-state index contributed by atoms with van der Waals surface area (Å²) in [5, 5.41) is 11.9. The molecule has 0 saturated carbocycles. The van der Waals surface area contributed by atoms with Gasteiger partial charge in [-0.1, -0.05) is 24.3 Å². The third-order valence-electron chi connectivity index (χ3n) is 4.55. The standard InChI is InChI=1S/C22H20N2O6S/c1-24(31(28,29)18-10-5-7-15(13-18)22(26)27)20-12-4-3-11-19(20)21(25)23-16-8-6-9-17(14-16)30-2/h3-14H,1-2H3,(H,23,25)(H,26,27). The molecule has 0 aliphatic rings. The molecule has 0 aliphatic heterocycles. The number of anilines is 2. The van der Waals surface area contributed by atoms with E-state index in [9.17, 15) is 18.0 Å². The highest BCUT2D eigenvalue weighted by atomic mass is 32.2. The van der Waals surface area contributed by atoms with Gasteiger partial charge >= 0.3 is 5.97 Å². The van der Waals surface area contributed by atoms with Crippen LogP contribution in [-0.2, 0) is 10.0 Å². The number of nitrogens with one attached hydrogen (secondary N) is 1. The highest BCUT2D eigenvalue weighted by Gasteiger charge is 2.26. The van der Waals surface area contributed by atoms with Gasteiger partial charge in [0.2, 0.25) is 0 Å². The number of nitrogens with zero attached hydrogens (tertiary/aromatic N) is 1. The van der Waals surface area contributed by atoms with Crippen LogP contribution < -0.4 is 14.4 Å². The topological polar surface area (TPSA) is 113 Å². The van der Waals surface area contributed by atoms with Crippen LogP contribution in [0.3, 0.4) is 0 Å². The first-order chi connectivity index (χ1) is 14.7. The lowest BCUT2D eigenvalue weighted by Gasteiger charge is -2.22. The fraction of sp³-hybridized carbons (Fsp3) is 0.0909. The van der Waals surface area contributed by atoms with E-state index in [-0.39, 0.29) is 21.7 Å². The van der Waals surface area contributed by atoms with Crippen molar-refractivity contribution in [3.8, 4) is 5.75 Å². The summed E-state index contributed by atoms with van der Waals surface area (Å²) in [5.41, 5.74) is 0.603. The smallest absolute Gasteiger partial charge is 0.335 e. The molecule has 0 atom stereocenters. The van der Waals surface area contributed by atoms with Crippen molar-refractivity contribution in [1.82, 2.24) is 0 Å². The molecule has 3 aromatic rings. The third-order valence-corrected chi connectivity index (χ3v) is 6.32. The van der Waals surface area contributed by atoms with Gasteiger partial charge in [0.15, 0.2) is 0 Å². The molecule has 8 nitrogen and oxygen atoms in total. The summed E-state index contributed by atoms with van der Waals surface area (Å²) in [5.74, 6) is -1.19. The second-order valence-electron chi connectivity index (χ2n) is 6.51. The predicted octanol–water partition coefficient (Wildman–Crippen LogP) is 3.47. The minimum Gasteiger partial charge on any atom is -0.497 e. The highest BCUT2D eigenvalue weighted by Crippen LogP contribution is 2.27. The highest BCUT2D eigenvalue weighted by molar-refractivity contribution is 7.92. The molecule has 9 heteroatoms. The van der Waals surface area contributed by atoms with Crippen molar-refractivity contribution < 1.29 is 27.9 Å². The first-order valence-electron chi connectivity index (χ1n) is 9.11. The molecule has 0 unspecified atom stereocenters. The first-order valence-corrected chi connectivity index (χ1v) is 10.5. The maximum Gasteiger partial charge on any atom is 0.335 e. The summed E-state index contributed by atoms with van der Waals surface area (Å²) < 4.78 is 32.3. The molecular formula is C22H20N2O6S. The van der Waals surface area contributed by atoms with E-state index in [4.69, 9.17) is 9.84 Å². The minimum atomic E-state index is -4.12. The van der Waals surface area contributed by atoms with Crippen LogP contribution in [0.2, 0.25) is 0 Å². The van der Waals surface area contributed by atoms with Crippen LogP contribution in [0.4, 0.5) is 11.4 Å². The molecule has 160 valence electrons. The van der Waals surface area contributed by atoms with Gasteiger partial charge in [-0.2, -0.15) is 0 Å². The number of carbonyl (C=O) groups is 2. The Bertz CT molecular complexity index is 1240. The lowest BCUT2D eigenvalue weighted by Crippen LogP contribution is -2.29. The summed E-state index contributed by atoms with van der Waals surface area (Å²) in [6.45, 7) is 0. The van der Waals surface area contributed by atoms with Gasteiger partial charge < -0.3 is 15.2 Å². The van der Waals surface area contributed by atoms with Crippen molar-refractivity contribution in [3.63, 3.8) is 0 Å². The Morgan fingerprint density at radius 2 is 1.68 bits per heavy atom. The number of hydrogen-bond acceptors (Lipinski definition) is 5. The molecule has 31 heavy (non-hydrogen) atoms. The van der Waals surface area contributed by atoms with Gasteiger partial charge in [0.05, 0.1) is 28.8 Å². The Hall–Kier alpha value is -3.85. The van der Waals surface area contributed by atoms with Gasteiger partial charge in [0.25, 0.3) is 15.9 Å². The number of ether oxygens (including phenoxy) is 1. The van der Waals surface area contributed by atoms with Crippen LogP contribution in [0, 0.1) is 0 Å². The zero-order valence-corrected chi connectivity index (χ0v) is 17.6. The van der Waals surface area contributed by atoms with E-state index >= 15 is 0 Å². The van der Waals surface area contributed by atoms with Crippen molar-refractivity contribution in [3.05, 3.63) is 83.9 Å². The number of sulfonamides is 1. The molecule has 0 spiro atoms. The van der Waals surface area contributed by atoms with Crippen LogP contribution >= 0.6 is 0 Å². The number of hydrogen-bond donors (Lipinski definition) is 2. The fourth-order valence-electron chi connectivity index (χ4n) is 2.92. The zero-order valence-electron chi connectivity index (χ0n) is 16.8. The number of para-hydroxylation sites is 1. The lowest BCUT2D eigenvalue weighted by atomic mass is 10.1. The summed E-state index contributed by atoms with van der Waals surface area (Å²) >= 11 is 0. The molecule has 0 saturated heterocycles. The largest absolute Gasteiger partial charge is 0.497 e.